The summed E-state index contributed by atoms with van der Waals surface area (Å²) < 4.78 is 0. The standard InChI is InChI=1S/C21H20N4O/c26-21-11-16(23-20-12-22-18-7-3-4-8-19(18)24-20)13-25(21)17-9-14-5-1-2-6-15(14)10-17/h1-8,12,16-17H,9-11,13H2,(H,23,24). The molecule has 130 valence electrons. The maximum absolute atomic E-state index is 12.6. The molecular formula is C21H20N4O. The van der Waals surface area contributed by atoms with Crippen LogP contribution >= 0.6 is 0 Å². The third-order valence-corrected chi connectivity index (χ3v) is 5.43. The Balaban J connectivity index is 1.29. The molecule has 1 saturated heterocycles. The fraction of sp³-hybridized carbons (Fsp3) is 0.286. The van der Waals surface area contributed by atoms with Gasteiger partial charge in [0.25, 0.3) is 0 Å². The number of hydrogen-bond acceptors (Lipinski definition) is 4. The number of carbonyl (C=O) groups is 1. The normalized spacial score (nSPS) is 19.9. The van der Waals surface area contributed by atoms with E-state index in [-0.39, 0.29) is 18.0 Å². The molecule has 2 aromatic carbocycles. The SMILES string of the molecule is O=C1CC(Nc2cnc3ccccc3n2)CN1C1Cc2ccccc2C1. The van der Waals surface area contributed by atoms with E-state index in [4.69, 9.17) is 0 Å². The molecule has 0 radical (unpaired) electrons. The van der Waals surface area contributed by atoms with Gasteiger partial charge in [-0.3, -0.25) is 9.78 Å². The number of hydrogen-bond donors (Lipinski definition) is 1. The number of anilines is 1. The van der Waals surface area contributed by atoms with Crippen LogP contribution in [0.15, 0.2) is 54.7 Å². The Bertz CT molecular complexity index is 961. The first-order chi connectivity index (χ1) is 12.8. The van der Waals surface area contributed by atoms with Crippen LogP contribution in [0.5, 0.6) is 0 Å². The molecule has 0 bridgehead atoms. The highest BCUT2D eigenvalue weighted by molar-refractivity contribution is 5.81. The van der Waals surface area contributed by atoms with Crippen molar-refractivity contribution in [2.24, 2.45) is 0 Å². The van der Waals surface area contributed by atoms with Crippen molar-refractivity contribution in [1.82, 2.24) is 14.9 Å². The zero-order valence-electron chi connectivity index (χ0n) is 14.4. The first kappa shape index (κ1) is 15.3. The molecule has 1 fully saturated rings. The van der Waals surface area contributed by atoms with Gasteiger partial charge in [0.2, 0.25) is 5.91 Å². The van der Waals surface area contributed by atoms with Crippen LogP contribution in [0.2, 0.25) is 0 Å². The van der Waals surface area contributed by atoms with E-state index in [0.29, 0.717) is 6.42 Å². The molecule has 1 N–H and O–H groups in total. The van der Waals surface area contributed by atoms with Gasteiger partial charge in [0.15, 0.2) is 0 Å². The zero-order valence-corrected chi connectivity index (χ0v) is 14.4. The van der Waals surface area contributed by atoms with E-state index in [0.717, 1.165) is 36.2 Å². The molecule has 2 aliphatic rings. The van der Waals surface area contributed by atoms with Crippen molar-refractivity contribution >= 4 is 22.8 Å². The van der Waals surface area contributed by atoms with Gasteiger partial charge in [0.05, 0.1) is 23.3 Å². The number of nitrogens with zero attached hydrogens (tertiary/aromatic N) is 3. The van der Waals surface area contributed by atoms with Gasteiger partial charge in [-0.05, 0) is 36.1 Å². The van der Waals surface area contributed by atoms with Crippen LogP contribution in [0.1, 0.15) is 17.5 Å². The van der Waals surface area contributed by atoms with Crippen molar-refractivity contribution in [3.05, 3.63) is 65.9 Å². The van der Waals surface area contributed by atoms with Crippen LogP contribution in [-0.4, -0.2) is 39.4 Å². The Kier molecular flexibility index (Phi) is 3.59. The van der Waals surface area contributed by atoms with Crippen molar-refractivity contribution < 1.29 is 4.79 Å². The number of fused-ring (bicyclic) bond motifs is 2. The summed E-state index contributed by atoms with van der Waals surface area (Å²) in [6.07, 6.45) is 4.19. The molecule has 5 rings (SSSR count). The number of rotatable bonds is 3. The largest absolute Gasteiger partial charge is 0.364 e. The fourth-order valence-corrected chi connectivity index (χ4v) is 4.17. The van der Waals surface area contributed by atoms with Crippen LogP contribution in [0, 0.1) is 0 Å². The molecule has 1 aliphatic carbocycles. The quantitative estimate of drug-likeness (QED) is 0.794. The molecular weight excluding hydrogens is 324 g/mol. The lowest BCUT2D eigenvalue weighted by atomic mass is 10.1. The Hall–Kier alpha value is -2.95. The Morgan fingerprint density at radius 1 is 0.923 bits per heavy atom. The summed E-state index contributed by atoms with van der Waals surface area (Å²) in [5, 5.41) is 3.40. The van der Waals surface area contributed by atoms with Gasteiger partial charge >= 0.3 is 0 Å². The van der Waals surface area contributed by atoms with Crippen LogP contribution in [0.25, 0.3) is 11.0 Å². The topological polar surface area (TPSA) is 58.1 Å². The maximum atomic E-state index is 12.6. The van der Waals surface area contributed by atoms with Gasteiger partial charge in [-0.25, -0.2) is 4.98 Å². The second kappa shape index (κ2) is 6.09. The van der Waals surface area contributed by atoms with E-state index in [1.54, 1.807) is 6.20 Å². The molecule has 0 saturated carbocycles. The average Bonchev–Trinajstić information content (AvgIpc) is 3.24. The molecule has 3 aromatic rings. The molecule has 1 unspecified atom stereocenters. The maximum Gasteiger partial charge on any atom is 0.225 e. The number of nitrogens with one attached hydrogen (secondary N) is 1. The lowest BCUT2D eigenvalue weighted by molar-refractivity contribution is -0.129. The van der Waals surface area contributed by atoms with Crippen molar-refractivity contribution in [3.8, 4) is 0 Å². The summed E-state index contributed by atoms with van der Waals surface area (Å²) in [6, 6.07) is 16.7. The van der Waals surface area contributed by atoms with E-state index >= 15 is 0 Å². The lowest BCUT2D eigenvalue weighted by Gasteiger charge is -2.24. The van der Waals surface area contributed by atoms with Gasteiger partial charge in [-0.2, -0.15) is 0 Å². The van der Waals surface area contributed by atoms with E-state index in [2.05, 4.69) is 39.6 Å². The first-order valence-corrected chi connectivity index (χ1v) is 9.11. The Labute approximate surface area is 152 Å². The highest BCUT2D eigenvalue weighted by Crippen LogP contribution is 2.29. The zero-order chi connectivity index (χ0) is 17.5. The highest BCUT2D eigenvalue weighted by atomic mass is 16.2. The van der Waals surface area contributed by atoms with Crippen molar-refractivity contribution in [1.29, 1.82) is 0 Å². The number of likely N-dealkylation sites (tertiary alicyclic amines) is 1. The summed E-state index contributed by atoms with van der Waals surface area (Å²) >= 11 is 0. The average molecular weight is 344 g/mol. The second-order valence-electron chi connectivity index (χ2n) is 7.17. The van der Waals surface area contributed by atoms with Crippen LogP contribution in [-0.2, 0) is 17.6 Å². The van der Waals surface area contributed by atoms with Gasteiger partial charge in [-0.1, -0.05) is 36.4 Å². The Morgan fingerprint density at radius 2 is 1.62 bits per heavy atom. The Morgan fingerprint density at radius 3 is 2.38 bits per heavy atom. The molecule has 5 heteroatoms. The molecule has 5 nitrogen and oxygen atoms in total. The number of para-hydroxylation sites is 2. The van der Waals surface area contributed by atoms with Gasteiger partial charge in [0.1, 0.15) is 5.82 Å². The number of amides is 1. The van der Waals surface area contributed by atoms with Gasteiger partial charge in [0, 0.05) is 19.0 Å². The van der Waals surface area contributed by atoms with Crippen LogP contribution in [0.3, 0.4) is 0 Å². The molecule has 26 heavy (non-hydrogen) atoms. The molecule has 1 atom stereocenters. The first-order valence-electron chi connectivity index (χ1n) is 9.11. The van der Waals surface area contributed by atoms with E-state index in [1.165, 1.54) is 11.1 Å². The van der Waals surface area contributed by atoms with Gasteiger partial charge < -0.3 is 10.2 Å². The lowest BCUT2D eigenvalue weighted by Crippen LogP contribution is -2.38. The third kappa shape index (κ3) is 2.69. The fourth-order valence-electron chi connectivity index (χ4n) is 4.17. The predicted octanol–water partition coefficient (Wildman–Crippen LogP) is 2.81. The minimum Gasteiger partial charge on any atom is -0.364 e. The van der Waals surface area contributed by atoms with E-state index < -0.39 is 0 Å². The minimum atomic E-state index is 0.0849. The van der Waals surface area contributed by atoms with E-state index in [9.17, 15) is 4.79 Å². The van der Waals surface area contributed by atoms with Crippen LogP contribution < -0.4 is 5.32 Å². The molecule has 1 aromatic heterocycles. The summed E-state index contributed by atoms with van der Waals surface area (Å²) in [5.41, 5.74) is 4.50. The third-order valence-electron chi connectivity index (χ3n) is 5.43. The van der Waals surface area contributed by atoms with Crippen LogP contribution in [0.4, 0.5) is 5.82 Å². The molecule has 1 aliphatic heterocycles. The summed E-state index contributed by atoms with van der Waals surface area (Å²) in [4.78, 5) is 23.7. The number of benzene rings is 2. The minimum absolute atomic E-state index is 0.0849. The van der Waals surface area contributed by atoms with Crippen molar-refractivity contribution in [2.45, 2.75) is 31.3 Å². The van der Waals surface area contributed by atoms with Gasteiger partial charge in [-0.15, -0.1) is 0 Å². The summed E-state index contributed by atoms with van der Waals surface area (Å²) in [5.74, 6) is 0.965. The number of aromatic nitrogens is 2. The smallest absolute Gasteiger partial charge is 0.225 e. The van der Waals surface area contributed by atoms with Crippen molar-refractivity contribution in [3.63, 3.8) is 0 Å². The molecule has 0 spiro atoms. The molecule has 2 heterocycles. The summed E-state index contributed by atoms with van der Waals surface area (Å²) in [7, 11) is 0. The predicted molar refractivity (Wildman–Crippen MR) is 101 cm³/mol. The van der Waals surface area contributed by atoms with E-state index in [1.807, 2.05) is 29.2 Å². The highest BCUT2D eigenvalue weighted by Gasteiger charge is 2.37. The second-order valence-corrected chi connectivity index (χ2v) is 7.17. The number of carbonyl (C=O) groups excluding carboxylic acids is 1. The molecule has 1 amide bonds. The summed E-state index contributed by atoms with van der Waals surface area (Å²) in [6.45, 7) is 0.728. The monoisotopic (exact) mass is 344 g/mol. The van der Waals surface area contributed by atoms with Crippen molar-refractivity contribution in [2.75, 3.05) is 11.9 Å².